The molecular formula is C74H58N6O20S. The van der Waals surface area contributed by atoms with E-state index in [9.17, 15) is 52.7 Å². The third-order valence-corrected chi connectivity index (χ3v) is 15.4. The molecule has 0 aliphatic carbocycles. The predicted molar refractivity (Wildman–Crippen MR) is 366 cm³/mol. The second-order valence-corrected chi connectivity index (χ2v) is 22.2. The molecule has 26 nitrogen and oxygen atoms in total. The predicted octanol–water partition coefficient (Wildman–Crippen LogP) is 11.3. The highest BCUT2D eigenvalue weighted by atomic mass is 32.1. The Balaban J connectivity index is 0.000000163. The Morgan fingerprint density at radius 1 is 0.475 bits per heavy atom. The van der Waals surface area contributed by atoms with Crippen LogP contribution in [0.1, 0.15) is 106 Å². The van der Waals surface area contributed by atoms with E-state index in [2.05, 4.69) is 16.0 Å². The fraction of sp³-hybridized carbons (Fsp3) is 0.108. The van der Waals surface area contributed by atoms with Crippen molar-refractivity contribution in [2.24, 2.45) is 5.10 Å². The number of ketones is 1. The molecule has 27 heteroatoms. The standard InChI is InChI=1S/C25H20N2O8.C25H20N2O6.C24H18N2O6S/c1-3-33-24(30)16-7-9-17(10-8-16)27-23(29)18(22(28)26-27)13-15-6-11-19(21(14-15)32-2)35-25(31)20-5-4-12-34-20;1-15-20(24(29)27(26-15)19-7-4-6-18(14-19)16(2)28)12-17-9-10-21(23(13-17)31-3)33-25(30)22-8-5-11-32-22;1-2-31-23(29)16-8-10-17(11-9-16)26-22(28)19(21(27)25-26)14-15-5-3-6-18(13-15)32-24(30)20-7-4-12-33-20/h4-14H,3H2,1-2H3,(H,26,28);4-14H,1-3H3;3-14H,2H2,1H3,(H,25,27)/b18-13-;20-12-;19-14-. The van der Waals surface area contributed by atoms with Crippen molar-refractivity contribution in [3.8, 4) is 28.7 Å². The van der Waals surface area contributed by atoms with Crippen LogP contribution in [0.15, 0.2) is 218 Å². The summed E-state index contributed by atoms with van der Waals surface area (Å²) in [4.78, 5) is 136. The summed E-state index contributed by atoms with van der Waals surface area (Å²) in [7, 11) is 2.85. The van der Waals surface area contributed by atoms with Crippen molar-refractivity contribution in [3.63, 3.8) is 0 Å². The number of carbonyl (C=O) groups excluding carboxylic acids is 11. The minimum atomic E-state index is -0.700. The average Bonchev–Trinajstić information content (AvgIpc) is 1.68. The zero-order valence-corrected chi connectivity index (χ0v) is 55.2. The number of benzene rings is 6. The molecule has 6 aromatic carbocycles. The number of nitrogens with one attached hydrogen (secondary N) is 2. The average molecular weight is 1380 g/mol. The normalized spacial score (nSPS) is 14.3. The number of carbonyl (C=O) groups is 11. The van der Waals surface area contributed by atoms with Crippen molar-refractivity contribution in [1.29, 1.82) is 0 Å². The van der Waals surface area contributed by atoms with E-state index in [1.165, 1.54) is 135 Å². The fourth-order valence-electron chi connectivity index (χ4n) is 9.64. The smallest absolute Gasteiger partial charge is 0.379 e. The molecule has 0 spiro atoms. The van der Waals surface area contributed by atoms with Crippen molar-refractivity contribution in [3.05, 3.63) is 254 Å². The molecule has 9 aromatic rings. The van der Waals surface area contributed by atoms with Crippen molar-refractivity contribution in [1.82, 2.24) is 10.9 Å². The van der Waals surface area contributed by atoms with Gasteiger partial charge in [0.15, 0.2) is 28.8 Å². The molecule has 101 heavy (non-hydrogen) atoms. The van der Waals surface area contributed by atoms with Crippen LogP contribution in [0.5, 0.6) is 28.7 Å². The molecule has 0 radical (unpaired) electrons. The van der Waals surface area contributed by atoms with Crippen molar-refractivity contribution in [2.45, 2.75) is 27.7 Å². The molecule has 3 aliphatic rings. The van der Waals surface area contributed by atoms with Crippen LogP contribution >= 0.6 is 11.3 Å². The van der Waals surface area contributed by atoms with E-state index in [-0.39, 0.29) is 64.8 Å². The second kappa shape index (κ2) is 32.0. The van der Waals surface area contributed by atoms with Gasteiger partial charge in [0, 0.05) is 5.56 Å². The van der Waals surface area contributed by atoms with E-state index in [4.69, 9.17) is 42.0 Å². The largest absolute Gasteiger partial charge is 0.493 e. The third kappa shape index (κ3) is 16.8. The van der Waals surface area contributed by atoms with Crippen LogP contribution in [-0.2, 0) is 33.4 Å². The lowest BCUT2D eigenvalue weighted by atomic mass is 10.1. The molecule has 3 aromatic heterocycles. The zero-order chi connectivity index (χ0) is 71.9. The van der Waals surface area contributed by atoms with Gasteiger partial charge in [-0.25, -0.2) is 34.0 Å². The lowest BCUT2D eigenvalue weighted by Crippen LogP contribution is -2.35. The van der Waals surface area contributed by atoms with Crippen molar-refractivity contribution >= 4 is 118 Å². The van der Waals surface area contributed by atoms with Crippen LogP contribution in [0.25, 0.3) is 18.2 Å². The number of amides is 5. The molecule has 2 fully saturated rings. The van der Waals surface area contributed by atoms with Crippen molar-refractivity contribution < 1.29 is 94.7 Å². The number of furan rings is 2. The summed E-state index contributed by atoms with van der Waals surface area (Å²) >= 11 is 1.27. The lowest BCUT2D eigenvalue weighted by Gasteiger charge is -2.14. The Hall–Kier alpha value is -13.6. The number of nitrogens with zero attached hydrogens (tertiary/aromatic N) is 4. The maximum absolute atomic E-state index is 13.0. The first-order valence-corrected chi connectivity index (χ1v) is 31.4. The number of anilines is 3. The number of hydrogen-bond acceptors (Lipinski definition) is 22. The van der Waals surface area contributed by atoms with Gasteiger partial charge < -0.3 is 42.0 Å². The number of ether oxygens (including phenoxy) is 7. The summed E-state index contributed by atoms with van der Waals surface area (Å²) < 4.78 is 46.6. The summed E-state index contributed by atoms with van der Waals surface area (Å²) in [5.41, 5.74) is 9.81. The van der Waals surface area contributed by atoms with Gasteiger partial charge in [-0.3, -0.25) is 39.6 Å². The van der Waals surface area contributed by atoms with Crippen LogP contribution in [0.2, 0.25) is 0 Å². The highest BCUT2D eigenvalue weighted by molar-refractivity contribution is 7.12. The van der Waals surface area contributed by atoms with E-state index < -0.39 is 53.5 Å². The van der Waals surface area contributed by atoms with Gasteiger partial charge in [0.25, 0.3) is 29.5 Å². The molecule has 0 bridgehead atoms. The Kier molecular flexibility index (Phi) is 22.3. The summed E-state index contributed by atoms with van der Waals surface area (Å²) in [5.74, 6) is -4.23. The van der Waals surface area contributed by atoms with Crippen LogP contribution in [0.4, 0.5) is 17.1 Å². The number of Topliss-reactive ketones (excluding diaryl/α,β-unsaturated/α-hetero) is 1. The van der Waals surface area contributed by atoms with E-state index in [1.54, 1.807) is 129 Å². The molecule has 2 N–H and O–H groups in total. The lowest BCUT2D eigenvalue weighted by molar-refractivity contribution is -0.118. The number of thiophene rings is 1. The maximum Gasteiger partial charge on any atom is 0.379 e. The number of rotatable bonds is 19. The molecule has 0 saturated carbocycles. The first kappa shape index (κ1) is 70.2. The first-order chi connectivity index (χ1) is 48.7. The number of hydrogen-bond donors (Lipinski definition) is 2. The van der Waals surface area contributed by atoms with Gasteiger partial charge in [-0.05, 0) is 195 Å². The molecule has 5 amide bonds. The second-order valence-electron chi connectivity index (χ2n) is 21.3. The van der Waals surface area contributed by atoms with Crippen LogP contribution in [0, 0.1) is 0 Å². The minimum absolute atomic E-state index is 0.0295. The van der Waals surface area contributed by atoms with Gasteiger partial charge in [-0.15, -0.1) is 11.3 Å². The number of hydrazone groups is 1. The summed E-state index contributed by atoms with van der Waals surface area (Å²) in [6.07, 6.45) is 7.23. The van der Waals surface area contributed by atoms with E-state index in [0.717, 1.165) is 10.0 Å². The molecule has 0 atom stereocenters. The van der Waals surface area contributed by atoms with Gasteiger partial charge in [0.05, 0.1) is 79.4 Å². The highest BCUT2D eigenvalue weighted by Gasteiger charge is 2.36. The molecule has 0 unspecified atom stereocenters. The van der Waals surface area contributed by atoms with E-state index in [0.29, 0.717) is 78.1 Å². The van der Waals surface area contributed by atoms with Crippen molar-refractivity contribution in [2.75, 3.05) is 42.5 Å². The number of esters is 5. The molecule has 2 saturated heterocycles. The summed E-state index contributed by atoms with van der Waals surface area (Å²) in [6, 6.07) is 44.4. The highest BCUT2D eigenvalue weighted by Crippen LogP contribution is 2.34. The SMILES string of the molecule is CCOC(=O)c1ccc(N2NC(=O)/C(=C/c3ccc(OC(=O)c4ccco4)c(OC)c3)C2=O)cc1.CCOC(=O)c1ccc(N2NC(=O)/C(=C/c3cccc(OC(=O)c4cccs4)c3)C2=O)cc1.COc1cc(/C=C2\C(=O)N(c3cccc(C(C)=O)c3)N=C2C)ccc1OC(=O)c1ccco1. The van der Waals surface area contributed by atoms with Gasteiger partial charge in [0.2, 0.25) is 11.5 Å². The number of methoxy groups -OCH3 is 2. The monoisotopic (exact) mass is 1380 g/mol. The van der Waals surface area contributed by atoms with Gasteiger partial charge in [-0.2, -0.15) is 10.1 Å². The molecule has 6 heterocycles. The summed E-state index contributed by atoms with van der Waals surface area (Å²) in [5, 5.41) is 9.58. The quantitative estimate of drug-likeness (QED) is 0.0250. The maximum atomic E-state index is 13.0. The van der Waals surface area contributed by atoms with Gasteiger partial charge in [0.1, 0.15) is 21.8 Å². The van der Waals surface area contributed by atoms with Gasteiger partial charge in [-0.1, -0.05) is 42.5 Å². The molecular weight excluding hydrogens is 1320 g/mol. The Morgan fingerprint density at radius 2 is 0.970 bits per heavy atom. The topological polar surface area (TPSA) is 325 Å². The Bertz CT molecular complexity index is 4820. The fourth-order valence-corrected chi connectivity index (χ4v) is 10.2. The minimum Gasteiger partial charge on any atom is -0.493 e. The van der Waals surface area contributed by atoms with E-state index >= 15 is 0 Å². The summed E-state index contributed by atoms with van der Waals surface area (Å²) in [6.45, 7) is 7.11. The van der Waals surface area contributed by atoms with Crippen LogP contribution < -0.4 is 49.6 Å². The zero-order valence-electron chi connectivity index (χ0n) is 54.4. The van der Waals surface area contributed by atoms with Crippen LogP contribution in [0.3, 0.4) is 0 Å². The molecule has 12 rings (SSSR count). The first-order valence-electron chi connectivity index (χ1n) is 30.5. The Morgan fingerprint density at radius 3 is 1.43 bits per heavy atom. The van der Waals surface area contributed by atoms with E-state index in [1.807, 2.05) is 0 Å². The molecule has 510 valence electrons. The van der Waals surface area contributed by atoms with Crippen LogP contribution in [-0.4, -0.2) is 98.3 Å². The Labute approximate surface area is 578 Å². The number of hydrazine groups is 2. The van der Waals surface area contributed by atoms with Gasteiger partial charge >= 0.3 is 29.8 Å². The third-order valence-electron chi connectivity index (χ3n) is 14.6. The molecule has 3 aliphatic heterocycles.